The van der Waals surface area contributed by atoms with Gasteiger partial charge in [-0.2, -0.15) is 5.26 Å². The highest BCUT2D eigenvalue weighted by Crippen LogP contribution is 2.40. The maximum atomic E-state index is 13.2. The van der Waals surface area contributed by atoms with Crippen LogP contribution in [0.25, 0.3) is 0 Å². The first-order chi connectivity index (χ1) is 12.2. The molecule has 1 amide bonds. The van der Waals surface area contributed by atoms with Crippen LogP contribution in [0.2, 0.25) is 0 Å². The second-order valence-corrected chi connectivity index (χ2v) is 8.32. The second-order valence-electron chi connectivity index (χ2n) is 7.24. The lowest BCUT2D eigenvalue weighted by molar-refractivity contribution is -0.123. The Bertz CT molecular complexity index is 713. The number of alkyl halides is 1. The topological polar surface area (TPSA) is 68.2 Å². The molecule has 25 heavy (non-hydrogen) atoms. The number of nitriles is 1. The van der Waals surface area contributed by atoms with Crippen LogP contribution in [-0.4, -0.2) is 43.8 Å². The minimum atomic E-state index is -0.925. The molecule has 0 spiro atoms. The molecule has 5 nitrogen and oxygen atoms in total. The molecule has 0 radical (unpaired) electrons. The molecule has 3 atom stereocenters. The van der Waals surface area contributed by atoms with Gasteiger partial charge in [0.2, 0.25) is 5.91 Å². The number of aryl methyl sites for hydroxylation is 1. The van der Waals surface area contributed by atoms with Gasteiger partial charge in [-0.1, -0.05) is 0 Å². The fourth-order valence-electron chi connectivity index (χ4n) is 4.15. The summed E-state index contributed by atoms with van der Waals surface area (Å²) in [5.74, 6) is -0.0991. The molecule has 2 saturated heterocycles. The van der Waals surface area contributed by atoms with Crippen molar-refractivity contribution in [3.8, 4) is 6.07 Å². The van der Waals surface area contributed by atoms with Crippen LogP contribution in [-0.2, 0) is 17.6 Å². The van der Waals surface area contributed by atoms with Gasteiger partial charge in [-0.3, -0.25) is 4.79 Å². The summed E-state index contributed by atoms with van der Waals surface area (Å²) in [5, 5.41) is 16.7. The van der Waals surface area contributed by atoms with E-state index in [1.54, 1.807) is 11.3 Å². The number of hydrogen-bond donors (Lipinski definition) is 2. The van der Waals surface area contributed by atoms with Crippen molar-refractivity contribution >= 4 is 22.2 Å². The van der Waals surface area contributed by atoms with Crippen LogP contribution in [0.5, 0.6) is 0 Å². The molecular weight excluding hydrogens is 339 g/mol. The molecule has 0 saturated carbocycles. The van der Waals surface area contributed by atoms with Crippen molar-refractivity contribution in [2.24, 2.45) is 0 Å². The lowest BCUT2D eigenvalue weighted by atomic mass is 9.96. The Kier molecular flexibility index (Phi) is 4.65. The number of rotatable bonds is 3. The van der Waals surface area contributed by atoms with E-state index in [4.69, 9.17) is 0 Å². The third-order valence-electron chi connectivity index (χ3n) is 5.48. The number of carbonyl (C=O) groups is 1. The predicted octanol–water partition coefficient (Wildman–Crippen LogP) is 1.89. The van der Waals surface area contributed by atoms with E-state index in [1.165, 1.54) is 23.3 Å². The summed E-state index contributed by atoms with van der Waals surface area (Å²) in [7, 11) is 0. The Labute approximate surface area is 151 Å². The van der Waals surface area contributed by atoms with Gasteiger partial charge in [0.15, 0.2) is 0 Å². The summed E-state index contributed by atoms with van der Waals surface area (Å²) in [4.78, 5) is 15.9. The quantitative estimate of drug-likeness (QED) is 0.862. The second kappa shape index (κ2) is 6.93. The normalized spacial score (nSPS) is 28.6. The molecule has 7 heteroatoms. The lowest BCUT2D eigenvalue weighted by Gasteiger charge is -2.19. The summed E-state index contributed by atoms with van der Waals surface area (Å²) in [6, 6.07) is 2.07. The summed E-state index contributed by atoms with van der Waals surface area (Å²) < 4.78 is 13.2. The fourth-order valence-corrected chi connectivity index (χ4v) is 5.52. The van der Waals surface area contributed by atoms with Crippen LogP contribution in [0.4, 0.5) is 9.39 Å². The van der Waals surface area contributed by atoms with Crippen molar-refractivity contribution in [1.82, 2.24) is 10.6 Å². The zero-order valence-corrected chi connectivity index (χ0v) is 15.0. The van der Waals surface area contributed by atoms with Crippen molar-refractivity contribution in [3.63, 3.8) is 0 Å². The number of hydrogen-bond acceptors (Lipinski definition) is 5. The molecule has 3 aliphatic rings. The Balaban J connectivity index is 1.42. The Morgan fingerprint density at radius 3 is 3.00 bits per heavy atom. The number of nitrogens with one attached hydrogen (secondary N) is 2. The van der Waals surface area contributed by atoms with E-state index in [-0.39, 0.29) is 24.9 Å². The van der Waals surface area contributed by atoms with E-state index in [9.17, 15) is 14.4 Å². The molecule has 2 N–H and O–H groups in total. The van der Waals surface area contributed by atoms with Gasteiger partial charge in [0.1, 0.15) is 17.2 Å². The number of halogens is 1. The summed E-state index contributed by atoms with van der Waals surface area (Å²) in [5.41, 5.74) is 2.11. The van der Waals surface area contributed by atoms with E-state index in [1.807, 2.05) is 0 Å². The SMILES string of the molecule is N#Cc1c(N2CCC(NC(=O)[C@@H]3CC(F)CN3)C2)sc2c1CCCC2. The zero-order chi connectivity index (χ0) is 17.4. The smallest absolute Gasteiger partial charge is 0.237 e. The first-order valence-electron chi connectivity index (χ1n) is 9.13. The molecule has 1 aliphatic carbocycles. The number of thiophene rings is 1. The number of anilines is 1. The Morgan fingerprint density at radius 1 is 1.40 bits per heavy atom. The summed E-state index contributed by atoms with van der Waals surface area (Å²) in [6.45, 7) is 1.84. The number of carbonyl (C=O) groups excluding carboxylic acids is 1. The van der Waals surface area contributed by atoms with Gasteiger partial charge < -0.3 is 15.5 Å². The van der Waals surface area contributed by atoms with Crippen LogP contribution < -0.4 is 15.5 Å². The third kappa shape index (κ3) is 3.25. The highest BCUT2D eigenvalue weighted by atomic mass is 32.1. The monoisotopic (exact) mass is 362 g/mol. The molecule has 2 unspecified atom stereocenters. The maximum absolute atomic E-state index is 13.2. The highest BCUT2D eigenvalue weighted by molar-refractivity contribution is 7.16. The van der Waals surface area contributed by atoms with Crippen LogP contribution in [0.15, 0.2) is 0 Å². The van der Waals surface area contributed by atoms with Gasteiger partial charge in [-0.15, -0.1) is 11.3 Å². The molecule has 2 fully saturated rings. The van der Waals surface area contributed by atoms with E-state index in [0.29, 0.717) is 0 Å². The number of amides is 1. The summed E-state index contributed by atoms with van der Waals surface area (Å²) >= 11 is 1.76. The molecule has 134 valence electrons. The summed E-state index contributed by atoms with van der Waals surface area (Å²) in [6.07, 6.45) is 4.68. The maximum Gasteiger partial charge on any atom is 0.237 e. The van der Waals surface area contributed by atoms with Gasteiger partial charge in [0.05, 0.1) is 11.6 Å². The van der Waals surface area contributed by atoms with Gasteiger partial charge in [-0.25, -0.2) is 4.39 Å². The van der Waals surface area contributed by atoms with Crippen LogP contribution in [0.3, 0.4) is 0 Å². The van der Waals surface area contributed by atoms with Gasteiger partial charge in [-0.05, 0) is 37.7 Å². The first kappa shape index (κ1) is 16.8. The Hall–Kier alpha value is -1.65. The minimum Gasteiger partial charge on any atom is -0.360 e. The van der Waals surface area contributed by atoms with Crippen molar-refractivity contribution in [3.05, 3.63) is 16.0 Å². The molecule has 4 rings (SSSR count). The van der Waals surface area contributed by atoms with E-state index >= 15 is 0 Å². The largest absolute Gasteiger partial charge is 0.360 e. The molecule has 0 bridgehead atoms. The van der Waals surface area contributed by atoms with Crippen LogP contribution in [0.1, 0.15) is 41.7 Å². The third-order valence-corrected chi connectivity index (χ3v) is 6.83. The number of nitrogens with zero attached hydrogens (tertiary/aromatic N) is 2. The first-order valence-corrected chi connectivity index (χ1v) is 9.94. The molecule has 0 aromatic carbocycles. The van der Waals surface area contributed by atoms with Crippen molar-refractivity contribution in [2.75, 3.05) is 24.5 Å². The average molecular weight is 362 g/mol. The van der Waals surface area contributed by atoms with Crippen LogP contribution >= 0.6 is 11.3 Å². The standard InChI is InChI=1S/C18H23FN4OS/c19-11-7-15(21-9-11)17(24)22-12-5-6-23(10-12)18-14(8-20)13-3-1-2-4-16(13)25-18/h11-12,15,21H,1-7,9-10H2,(H,22,24)/t11?,12?,15-/m0/s1. The van der Waals surface area contributed by atoms with Crippen molar-refractivity contribution in [2.45, 2.75) is 56.8 Å². The molecule has 3 heterocycles. The lowest BCUT2D eigenvalue weighted by Crippen LogP contribution is -2.46. The predicted molar refractivity (Wildman–Crippen MR) is 95.7 cm³/mol. The average Bonchev–Trinajstić information content (AvgIpc) is 3.32. The van der Waals surface area contributed by atoms with E-state index in [2.05, 4.69) is 21.6 Å². The molecule has 1 aromatic heterocycles. The fraction of sp³-hybridized carbons (Fsp3) is 0.667. The molecule has 1 aromatic rings. The van der Waals surface area contributed by atoms with Gasteiger partial charge in [0.25, 0.3) is 0 Å². The molecule has 2 aliphatic heterocycles. The van der Waals surface area contributed by atoms with E-state index in [0.717, 1.165) is 42.9 Å². The van der Waals surface area contributed by atoms with Gasteiger partial charge >= 0.3 is 0 Å². The minimum absolute atomic E-state index is 0.0682. The zero-order valence-electron chi connectivity index (χ0n) is 14.2. The number of fused-ring (bicyclic) bond motifs is 1. The van der Waals surface area contributed by atoms with E-state index < -0.39 is 12.2 Å². The van der Waals surface area contributed by atoms with Crippen LogP contribution in [0, 0.1) is 11.3 Å². The van der Waals surface area contributed by atoms with Gasteiger partial charge in [0, 0.05) is 37.0 Å². The highest BCUT2D eigenvalue weighted by Gasteiger charge is 2.33. The van der Waals surface area contributed by atoms with Crippen molar-refractivity contribution < 1.29 is 9.18 Å². The van der Waals surface area contributed by atoms with Crippen molar-refractivity contribution in [1.29, 1.82) is 5.26 Å². The molecular formula is C18H23FN4OS. The Morgan fingerprint density at radius 2 is 2.24 bits per heavy atom.